The molecule has 6 heteroatoms. The van der Waals surface area contributed by atoms with Crippen molar-refractivity contribution in [1.82, 2.24) is 19.4 Å². The number of hydrogen-bond acceptors (Lipinski definition) is 3. The molecule has 33 heavy (non-hydrogen) atoms. The molecule has 0 aliphatic carbocycles. The smallest absolute Gasteiger partial charge is 0.321 e. The van der Waals surface area contributed by atoms with Gasteiger partial charge in [0.15, 0.2) is 0 Å². The highest BCUT2D eigenvalue weighted by Crippen LogP contribution is 2.20. The van der Waals surface area contributed by atoms with Gasteiger partial charge in [-0.1, -0.05) is 60.2 Å². The van der Waals surface area contributed by atoms with Gasteiger partial charge in [0.1, 0.15) is 5.82 Å². The normalized spacial score (nSPS) is 14.5. The summed E-state index contributed by atoms with van der Waals surface area (Å²) in [7, 11) is 0. The number of piperazine rings is 1. The van der Waals surface area contributed by atoms with Crippen LogP contribution >= 0.6 is 0 Å². The summed E-state index contributed by atoms with van der Waals surface area (Å²) in [5.41, 5.74) is 5.47. The zero-order valence-corrected chi connectivity index (χ0v) is 18.9. The summed E-state index contributed by atoms with van der Waals surface area (Å²) < 4.78 is 2.32. The number of amides is 2. The van der Waals surface area contributed by atoms with Crippen LogP contribution in [0.15, 0.2) is 78.9 Å². The molecule has 1 aliphatic heterocycles. The first-order valence-electron chi connectivity index (χ1n) is 11.5. The fraction of sp³-hybridized carbons (Fsp3) is 0.259. The maximum absolute atomic E-state index is 12.7. The number of aryl methyl sites for hydroxylation is 1. The van der Waals surface area contributed by atoms with Gasteiger partial charge in [-0.05, 0) is 36.8 Å². The zero-order chi connectivity index (χ0) is 22.6. The number of rotatable bonds is 5. The molecule has 1 fully saturated rings. The van der Waals surface area contributed by atoms with Crippen LogP contribution in [-0.2, 0) is 13.1 Å². The standard InChI is InChI=1S/C27H29N5O/c1-21-11-13-23(14-12-21)28-27(33)31-17-15-30(16-18-31)20-26-29-24-9-5-6-10-25(24)32(26)19-22-7-3-2-4-8-22/h2-14H,15-20H2,1H3,(H,28,33). The Morgan fingerprint density at radius 2 is 1.55 bits per heavy atom. The van der Waals surface area contributed by atoms with Gasteiger partial charge in [-0.25, -0.2) is 9.78 Å². The number of carbonyl (C=O) groups excluding carboxylic acids is 1. The molecule has 2 heterocycles. The van der Waals surface area contributed by atoms with E-state index >= 15 is 0 Å². The van der Waals surface area contributed by atoms with Crippen LogP contribution < -0.4 is 5.32 Å². The van der Waals surface area contributed by atoms with E-state index in [1.165, 1.54) is 11.1 Å². The minimum Gasteiger partial charge on any atom is -0.322 e. The number of hydrogen-bond donors (Lipinski definition) is 1. The number of anilines is 1. The number of para-hydroxylation sites is 2. The molecule has 168 valence electrons. The van der Waals surface area contributed by atoms with Gasteiger partial charge >= 0.3 is 6.03 Å². The molecular weight excluding hydrogens is 410 g/mol. The van der Waals surface area contributed by atoms with Crippen molar-refractivity contribution >= 4 is 22.8 Å². The SMILES string of the molecule is Cc1ccc(NC(=O)N2CCN(Cc3nc4ccccc4n3Cc3ccccc3)CC2)cc1. The minimum absolute atomic E-state index is 0.0326. The molecule has 6 nitrogen and oxygen atoms in total. The lowest BCUT2D eigenvalue weighted by atomic mass is 10.2. The fourth-order valence-electron chi connectivity index (χ4n) is 4.34. The first kappa shape index (κ1) is 21.2. The number of imidazole rings is 1. The summed E-state index contributed by atoms with van der Waals surface area (Å²) in [5, 5.41) is 3.01. The maximum Gasteiger partial charge on any atom is 0.321 e. The van der Waals surface area contributed by atoms with Crippen molar-refractivity contribution in [1.29, 1.82) is 0 Å². The van der Waals surface area contributed by atoms with Crippen LogP contribution in [-0.4, -0.2) is 51.6 Å². The topological polar surface area (TPSA) is 53.4 Å². The van der Waals surface area contributed by atoms with Crippen LogP contribution in [0.4, 0.5) is 10.5 Å². The monoisotopic (exact) mass is 439 g/mol. The Labute approximate surface area is 194 Å². The van der Waals surface area contributed by atoms with Crippen molar-refractivity contribution in [2.24, 2.45) is 0 Å². The second-order valence-corrected chi connectivity index (χ2v) is 8.65. The molecule has 0 radical (unpaired) electrons. The summed E-state index contributed by atoms with van der Waals surface area (Å²) in [4.78, 5) is 21.9. The van der Waals surface area contributed by atoms with E-state index in [2.05, 4.69) is 57.2 Å². The summed E-state index contributed by atoms with van der Waals surface area (Å²) in [6.07, 6.45) is 0. The summed E-state index contributed by atoms with van der Waals surface area (Å²) in [6.45, 7) is 6.68. The number of carbonyl (C=O) groups is 1. The highest BCUT2D eigenvalue weighted by Gasteiger charge is 2.23. The average molecular weight is 440 g/mol. The Balaban J connectivity index is 1.25. The van der Waals surface area contributed by atoms with Crippen molar-refractivity contribution in [3.05, 3.63) is 95.8 Å². The molecule has 0 atom stereocenters. The van der Waals surface area contributed by atoms with E-state index in [4.69, 9.17) is 4.98 Å². The van der Waals surface area contributed by atoms with Crippen LogP contribution in [0.25, 0.3) is 11.0 Å². The Morgan fingerprint density at radius 1 is 0.848 bits per heavy atom. The molecule has 1 N–H and O–H groups in total. The van der Waals surface area contributed by atoms with E-state index in [9.17, 15) is 4.79 Å². The summed E-state index contributed by atoms with van der Waals surface area (Å²) in [6, 6.07) is 26.7. The molecular formula is C27H29N5O. The lowest BCUT2D eigenvalue weighted by Crippen LogP contribution is -2.49. The van der Waals surface area contributed by atoms with Gasteiger partial charge in [0.2, 0.25) is 0 Å². The molecule has 1 aliphatic rings. The van der Waals surface area contributed by atoms with Gasteiger partial charge in [0.25, 0.3) is 0 Å². The number of nitrogens with zero attached hydrogens (tertiary/aromatic N) is 4. The van der Waals surface area contributed by atoms with E-state index in [-0.39, 0.29) is 6.03 Å². The molecule has 5 rings (SSSR count). The first-order chi connectivity index (χ1) is 16.2. The predicted octanol–water partition coefficient (Wildman–Crippen LogP) is 4.74. The van der Waals surface area contributed by atoms with Gasteiger partial charge in [0, 0.05) is 38.4 Å². The number of urea groups is 1. The molecule has 1 aromatic heterocycles. The Kier molecular flexibility index (Phi) is 6.09. The van der Waals surface area contributed by atoms with Crippen LogP contribution in [0.2, 0.25) is 0 Å². The van der Waals surface area contributed by atoms with Gasteiger partial charge < -0.3 is 14.8 Å². The maximum atomic E-state index is 12.7. The largest absolute Gasteiger partial charge is 0.322 e. The molecule has 0 bridgehead atoms. The van der Waals surface area contributed by atoms with Gasteiger partial charge in [-0.3, -0.25) is 4.90 Å². The minimum atomic E-state index is -0.0326. The van der Waals surface area contributed by atoms with Crippen LogP contribution in [0.3, 0.4) is 0 Å². The lowest BCUT2D eigenvalue weighted by molar-refractivity contribution is 0.140. The zero-order valence-electron chi connectivity index (χ0n) is 18.9. The Hall–Kier alpha value is -3.64. The Morgan fingerprint density at radius 3 is 2.30 bits per heavy atom. The third kappa shape index (κ3) is 4.91. The van der Waals surface area contributed by atoms with Crippen LogP contribution in [0, 0.1) is 6.92 Å². The van der Waals surface area contributed by atoms with E-state index < -0.39 is 0 Å². The van der Waals surface area contributed by atoms with Gasteiger partial charge in [0.05, 0.1) is 17.6 Å². The fourth-order valence-corrected chi connectivity index (χ4v) is 4.34. The predicted molar refractivity (Wildman–Crippen MR) is 132 cm³/mol. The van der Waals surface area contributed by atoms with Gasteiger partial charge in [-0.15, -0.1) is 0 Å². The number of nitrogens with one attached hydrogen (secondary N) is 1. The molecule has 2 amide bonds. The number of aromatic nitrogens is 2. The van der Waals surface area contributed by atoms with E-state index in [1.54, 1.807) is 0 Å². The summed E-state index contributed by atoms with van der Waals surface area (Å²) in [5.74, 6) is 1.07. The van der Waals surface area contributed by atoms with E-state index in [0.29, 0.717) is 13.1 Å². The van der Waals surface area contributed by atoms with Crippen LogP contribution in [0.1, 0.15) is 17.0 Å². The molecule has 4 aromatic rings. The lowest BCUT2D eigenvalue weighted by Gasteiger charge is -2.34. The van der Waals surface area contributed by atoms with Crippen molar-refractivity contribution in [3.8, 4) is 0 Å². The van der Waals surface area contributed by atoms with E-state index in [1.807, 2.05) is 48.2 Å². The number of benzene rings is 3. The highest BCUT2D eigenvalue weighted by molar-refractivity contribution is 5.89. The molecule has 0 spiro atoms. The first-order valence-corrected chi connectivity index (χ1v) is 11.5. The Bertz CT molecular complexity index is 1220. The second-order valence-electron chi connectivity index (χ2n) is 8.65. The van der Waals surface area contributed by atoms with Crippen molar-refractivity contribution < 1.29 is 4.79 Å². The van der Waals surface area contributed by atoms with E-state index in [0.717, 1.165) is 48.7 Å². The highest BCUT2D eigenvalue weighted by atomic mass is 16.2. The van der Waals surface area contributed by atoms with Gasteiger partial charge in [-0.2, -0.15) is 0 Å². The second kappa shape index (κ2) is 9.46. The van der Waals surface area contributed by atoms with Crippen molar-refractivity contribution in [3.63, 3.8) is 0 Å². The molecule has 0 unspecified atom stereocenters. The third-order valence-electron chi connectivity index (χ3n) is 6.24. The van der Waals surface area contributed by atoms with Crippen molar-refractivity contribution in [2.45, 2.75) is 20.0 Å². The average Bonchev–Trinajstić information content (AvgIpc) is 3.18. The molecule has 3 aromatic carbocycles. The summed E-state index contributed by atoms with van der Waals surface area (Å²) >= 11 is 0. The third-order valence-corrected chi connectivity index (χ3v) is 6.24. The molecule has 0 saturated carbocycles. The molecule has 1 saturated heterocycles. The van der Waals surface area contributed by atoms with Crippen molar-refractivity contribution in [2.75, 3.05) is 31.5 Å². The van der Waals surface area contributed by atoms with Crippen LogP contribution in [0.5, 0.6) is 0 Å². The quantitative estimate of drug-likeness (QED) is 0.489. The number of fused-ring (bicyclic) bond motifs is 1.